The molecule has 0 saturated carbocycles. The van der Waals surface area contributed by atoms with Crippen molar-refractivity contribution in [1.82, 2.24) is 0 Å². The fraction of sp³-hybridized carbons (Fsp3) is 0.222. The van der Waals surface area contributed by atoms with Crippen LogP contribution in [0, 0.1) is 13.8 Å². The topological polar surface area (TPSA) is 17.1 Å². The van der Waals surface area contributed by atoms with Crippen molar-refractivity contribution in [3.8, 4) is 0 Å². The third-order valence-corrected chi connectivity index (χ3v) is 1.69. The van der Waals surface area contributed by atoms with Gasteiger partial charge in [-0.15, -0.1) is 0 Å². The van der Waals surface area contributed by atoms with Gasteiger partial charge in [-0.2, -0.15) is 0 Å². The van der Waals surface area contributed by atoms with Gasteiger partial charge in [-0.1, -0.05) is 18.2 Å². The Morgan fingerprint density at radius 3 is 2.80 bits per heavy atom. The van der Waals surface area contributed by atoms with E-state index in [1.165, 1.54) is 0 Å². The predicted octanol–water partition coefficient (Wildman–Crippen LogP) is 2.12. The highest BCUT2D eigenvalue weighted by atomic mass is 16.1. The lowest BCUT2D eigenvalue weighted by molar-refractivity contribution is 0.112. The van der Waals surface area contributed by atoms with E-state index in [-0.39, 0.29) is 0 Å². The van der Waals surface area contributed by atoms with E-state index in [2.05, 4.69) is 0 Å². The number of benzene rings is 1. The SMILES string of the molecule is [2H]c1ccc(C)c(C)c1C=O. The summed E-state index contributed by atoms with van der Waals surface area (Å²) in [5.74, 6) is 0. The average molecular weight is 135 g/mol. The number of rotatable bonds is 1. The first-order valence-electron chi connectivity index (χ1n) is 3.69. The Hall–Kier alpha value is -1.11. The summed E-state index contributed by atoms with van der Waals surface area (Å²) in [6.07, 6.45) is 0.741. The Morgan fingerprint density at radius 2 is 2.30 bits per heavy atom. The fourth-order valence-electron chi connectivity index (χ4n) is 0.825. The summed E-state index contributed by atoms with van der Waals surface area (Å²) in [6, 6.07) is 3.81. The van der Waals surface area contributed by atoms with Gasteiger partial charge in [0.25, 0.3) is 0 Å². The third-order valence-electron chi connectivity index (χ3n) is 1.69. The number of carbonyl (C=O) groups is 1. The zero-order valence-electron chi connectivity index (χ0n) is 7.14. The highest BCUT2D eigenvalue weighted by Crippen LogP contribution is 2.09. The highest BCUT2D eigenvalue weighted by molar-refractivity contribution is 5.77. The number of aryl methyl sites for hydroxylation is 1. The molecule has 0 heterocycles. The van der Waals surface area contributed by atoms with Crippen LogP contribution >= 0.6 is 0 Å². The summed E-state index contributed by atoms with van der Waals surface area (Å²) < 4.78 is 7.38. The summed E-state index contributed by atoms with van der Waals surface area (Å²) in [5.41, 5.74) is 2.47. The minimum absolute atomic E-state index is 0.308. The molecular formula is C9H10O. The number of hydrogen-bond acceptors (Lipinski definition) is 1. The van der Waals surface area contributed by atoms with Gasteiger partial charge in [-0.3, -0.25) is 4.79 Å². The van der Waals surface area contributed by atoms with Crippen LogP contribution in [0.15, 0.2) is 18.2 Å². The average Bonchev–Trinajstić information content (AvgIpc) is 1.99. The smallest absolute Gasteiger partial charge is 0.150 e. The van der Waals surface area contributed by atoms with Crippen LogP contribution in [0.4, 0.5) is 0 Å². The Labute approximate surface area is 62.1 Å². The van der Waals surface area contributed by atoms with Crippen LogP contribution in [0.3, 0.4) is 0 Å². The zero-order chi connectivity index (χ0) is 8.43. The zero-order valence-corrected chi connectivity index (χ0v) is 6.14. The molecule has 0 aliphatic rings. The minimum Gasteiger partial charge on any atom is -0.298 e. The van der Waals surface area contributed by atoms with E-state index >= 15 is 0 Å². The van der Waals surface area contributed by atoms with Crippen molar-refractivity contribution < 1.29 is 6.17 Å². The van der Waals surface area contributed by atoms with Gasteiger partial charge in [-0.25, -0.2) is 0 Å². The molecule has 52 valence electrons. The second-order valence-electron chi connectivity index (χ2n) is 2.32. The Morgan fingerprint density at radius 1 is 1.60 bits per heavy atom. The quantitative estimate of drug-likeness (QED) is 0.539. The molecule has 1 aromatic rings. The van der Waals surface area contributed by atoms with Gasteiger partial charge >= 0.3 is 0 Å². The summed E-state index contributed by atoms with van der Waals surface area (Å²) in [6.45, 7) is 3.79. The lowest BCUT2D eigenvalue weighted by atomic mass is 10.1. The molecule has 0 saturated heterocycles. The van der Waals surface area contributed by atoms with Gasteiger partial charge in [0.15, 0.2) is 0 Å². The second-order valence-corrected chi connectivity index (χ2v) is 2.32. The molecule has 0 fully saturated rings. The Balaban J connectivity index is 3.40. The number of hydrogen-bond donors (Lipinski definition) is 0. The molecule has 0 spiro atoms. The van der Waals surface area contributed by atoms with Gasteiger partial charge in [0.05, 0.1) is 1.37 Å². The molecule has 0 aromatic heterocycles. The molecule has 1 rings (SSSR count). The monoisotopic (exact) mass is 135 g/mol. The van der Waals surface area contributed by atoms with Crippen LogP contribution in [-0.2, 0) is 0 Å². The summed E-state index contributed by atoms with van der Waals surface area (Å²) in [4.78, 5) is 10.5. The first-order chi connectivity index (χ1) is 5.16. The second kappa shape index (κ2) is 2.65. The molecule has 0 aliphatic heterocycles. The van der Waals surface area contributed by atoms with Crippen LogP contribution < -0.4 is 0 Å². The van der Waals surface area contributed by atoms with Gasteiger partial charge in [-0.05, 0) is 25.0 Å². The summed E-state index contributed by atoms with van der Waals surface area (Å²) in [5, 5.41) is 0. The predicted molar refractivity (Wildman–Crippen MR) is 41.3 cm³/mol. The van der Waals surface area contributed by atoms with Crippen molar-refractivity contribution >= 4 is 6.29 Å². The first kappa shape index (κ1) is 5.66. The third kappa shape index (κ3) is 1.08. The molecule has 1 heteroatoms. The van der Waals surface area contributed by atoms with Crippen molar-refractivity contribution in [2.75, 3.05) is 0 Å². The van der Waals surface area contributed by atoms with E-state index in [1.54, 1.807) is 6.07 Å². The molecule has 0 atom stereocenters. The molecule has 0 aliphatic carbocycles. The summed E-state index contributed by atoms with van der Waals surface area (Å²) >= 11 is 0. The van der Waals surface area contributed by atoms with Crippen molar-refractivity contribution in [3.63, 3.8) is 0 Å². The lowest BCUT2D eigenvalue weighted by Crippen LogP contribution is -1.87. The van der Waals surface area contributed by atoms with Crippen LogP contribution in [0.1, 0.15) is 22.9 Å². The first-order valence-corrected chi connectivity index (χ1v) is 3.19. The molecule has 0 bridgehead atoms. The van der Waals surface area contributed by atoms with Crippen molar-refractivity contribution in [3.05, 3.63) is 34.9 Å². The molecule has 0 radical (unpaired) electrons. The fourth-order valence-corrected chi connectivity index (χ4v) is 0.825. The van der Waals surface area contributed by atoms with Crippen molar-refractivity contribution in [2.45, 2.75) is 13.8 Å². The van der Waals surface area contributed by atoms with Crippen LogP contribution in [0.5, 0.6) is 0 Å². The molecule has 1 nitrogen and oxygen atoms in total. The van der Waals surface area contributed by atoms with E-state index in [4.69, 9.17) is 1.37 Å². The maximum absolute atomic E-state index is 10.5. The van der Waals surface area contributed by atoms with Gasteiger partial charge in [0, 0.05) is 5.56 Å². The number of aldehydes is 1. The minimum atomic E-state index is 0.308. The molecule has 10 heavy (non-hydrogen) atoms. The van der Waals surface area contributed by atoms with Gasteiger partial charge in [0.1, 0.15) is 6.29 Å². The van der Waals surface area contributed by atoms with E-state index in [0.717, 1.165) is 17.4 Å². The Kier molecular flexibility index (Phi) is 1.50. The summed E-state index contributed by atoms with van der Waals surface area (Å²) in [7, 11) is 0. The van der Waals surface area contributed by atoms with E-state index in [1.807, 2.05) is 19.9 Å². The van der Waals surface area contributed by atoms with Crippen LogP contribution in [0.2, 0.25) is 0 Å². The highest BCUT2D eigenvalue weighted by Gasteiger charge is 1.96. The molecule has 0 N–H and O–H groups in total. The normalized spacial score (nSPS) is 10.8. The molecule has 1 aromatic carbocycles. The molecule has 0 unspecified atom stereocenters. The van der Waals surface area contributed by atoms with Crippen molar-refractivity contribution in [1.29, 1.82) is 0 Å². The molecule has 0 amide bonds. The standard InChI is InChI=1S/C9H10O/c1-7-4-3-5-9(6-10)8(7)2/h3-6H,1-2H3/i5D. The van der Waals surface area contributed by atoms with Crippen molar-refractivity contribution in [2.24, 2.45) is 0 Å². The Bertz CT molecular complexity index is 292. The maximum atomic E-state index is 10.5. The van der Waals surface area contributed by atoms with Crippen LogP contribution in [-0.4, -0.2) is 6.29 Å². The largest absolute Gasteiger partial charge is 0.298 e. The van der Waals surface area contributed by atoms with E-state index in [9.17, 15) is 4.79 Å². The maximum Gasteiger partial charge on any atom is 0.150 e. The van der Waals surface area contributed by atoms with Crippen LogP contribution in [0.25, 0.3) is 0 Å². The van der Waals surface area contributed by atoms with Gasteiger partial charge < -0.3 is 0 Å². The number of carbonyl (C=O) groups excluding carboxylic acids is 1. The van der Waals surface area contributed by atoms with E-state index < -0.39 is 0 Å². The molecular weight excluding hydrogens is 124 g/mol. The lowest BCUT2D eigenvalue weighted by Gasteiger charge is -1.99. The van der Waals surface area contributed by atoms with E-state index in [0.29, 0.717) is 11.6 Å². The van der Waals surface area contributed by atoms with Gasteiger partial charge in [0.2, 0.25) is 0 Å².